The molecule has 30 heavy (non-hydrogen) atoms. The van der Waals surface area contributed by atoms with Crippen molar-refractivity contribution in [1.82, 2.24) is 19.5 Å². The van der Waals surface area contributed by atoms with Crippen molar-refractivity contribution < 1.29 is 9.18 Å². The number of hydrogen-bond donors (Lipinski definition) is 1. The Balaban J connectivity index is 1.74. The highest BCUT2D eigenvalue weighted by atomic mass is 19.1. The minimum Gasteiger partial charge on any atom is -0.399 e. The second kappa shape index (κ2) is 8.42. The SMILES string of the molecule is CCc1cc(C(=O)N2CCCCCCC2C)nc2cc(-c3ccc(N)cc3F)nn12. The molecule has 1 aromatic carbocycles. The number of halogens is 1. The molecule has 0 bridgehead atoms. The molecule has 4 rings (SSSR count). The molecule has 1 atom stereocenters. The molecule has 1 saturated heterocycles. The number of aromatic nitrogens is 3. The first kappa shape index (κ1) is 20.3. The summed E-state index contributed by atoms with van der Waals surface area (Å²) < 4.78 is 16.1. The smallest absolute Gasteiger partial charge is 0.272 e. The minimum absolute atomic E-state index is 0.0389. The zero-order valence-electron chi connectivity index (χ0n) is 17.6. The number of carbonyl (C=O) groups excluding carboxylic acids is 1. The van der Waals surface area contributed by atoms with Gasteiger partial charge in [0.2, 0.25) is 0 Å². The normalized spacial score (nSPS) is 17.7. The maximum absolute atomic E-state index is 14.4. The average molecular weight is 410 g/mol. The number of amides is 1. The zero-order chi connectivity index (χ0) is 21.3. The fourth-order valence-corrected chi connectivity index (χ4v) is 4.17. The van der Waals surface area contributed by atoms with Crippen LogP contribution >= 0.6 is 0 Å². The molecule has 0 aliphatic carbocycles. The van der Waals surface area contributed by atoms with Crippen LogP contribution in [-0.4, -0.2) is 38.0 Å². The monoisotopic (exact) mass is 409 g/mol. The molecule has 1 aliphatic rings. The standard InChI is InChI=1S/C23H28FN5O/c1-3-17-13-21(23(30)28-11-7-5-4-6-8-15(28)2)26-22-14-20(27-29(17)22)18-10-9-16(25)12-19(18)24/h9-10,12-15H,3-8,11,25H2,1-2H3. The summed E-state index contributed by atoms with van der Waals surface area (Å²) in [4.78, 5) is 19.9. The van der Waals surface area contributed by atoms with Gasteiger partial charge in [-0.3, -0.25) is 4.79 Å². The number of likely N-dealkylation sites (tertiary alicyclic amines) is 1. The highest BCUT2D eigenvalue weighted by Gasteiger charge is 2.25. The molecule has 6 nitrogen and oxygen atoms in total. The van der Waals surface area contributed by atoms with E-state index in [1.165, 1.54) is 12.5 Å². The molecule has 3 heterocycles. The van der Waals surface area contributed by atoms with Gasteiger partial charge < -0.3 is 10.6 Å². The van der Waals surface area contributed by atoms with E-state index in [0.29, 0.717) is 34.7 Å². The Morgan fingerprint density at radius 3 is 2.77 bits per heavy atom. The molecule has 2 N–H and O–H groups in total. The molecule has 1 amide bonds. The van der Waals surface area contributed by atoms with Crippen LogP contribution in [0.2, 0.25) is 0 Å². The van der Waals surface area contributed by atoms with E-state index in [4.69, 9.17) is 5.73 Å². The lowest BCUT2D eigenvalue weighted by Crippen LogP contribution is -2.40. The fourth-order valence-electron chi connectivity index (χ4n) is 4.17. The maximum atomic E-state index is 14.4. The third kappa shape index (κ3) is 3.88. The lowest BCUT2D eigenvalue weighted by Gasteiger charge is -2.31. The van der Waals surface area contributed by atoms with Crippen LogP contribution in [0.3, 0.4) is 0 Å². The summed E-state index contributed by atoms with van der Waals surface area (Å²) in [6, 6.07) is 8.29. The molecule has 0 saturated carbocycles. The van der Waals surface area contributed by atoms with Crippen molar-refractivity contribution >= 4 is 17.2 Å². The van der Waals surface area contributed by atoms with Crippen LogP contribution in [-0.2, 0) is 6.42 Å². The van der Waals surface area contributed by atoms with E-state index in [9.17, 15) is 9.18 Å². The van der Waals surface area contributed by atoms with E-state index in [2.05, 4.69) is 17.0 Å². The van der Waals surface area contributed by atoms with Crippen molar-refractivity contribution in [2.75, 3.05) is 12.3 Å². The van der Waals surface area contributed by atoms with Crippen LogP contribution in [0.5, 0.6) is 0 Å². The second-order valence-electron chi connectivity index (χ2n) is 8.08. The van der Waals surface area contributed by atoms with Crippen molar-refractivity contribution in [3.05, 3.63) is 47.5 Å². The molecular weight excluding hydrogens is 381 g/mol. The number of nitrogens with zero attached hydrogens (tertiary/aromatic N) is 4. The molecule has 7 heteroatoms. The summed E-state index contributed by atoms with van der Waals surface area (Å²) in [5, 5.41) is 4.55. The highest BCUT2D eigenvalue weighted by Crippen LogP contribution is 2.26. The first-order valence-electron chi connectivity index (χ1n) is 10.7. The Morgan fingerprint density at radius 2 is 2.00 bits per heavy atom. The van der Waals surface area contributed by atoms with Crippen molar-refractivity contribution in [3.63, 3.8) is 0 Å². The van der Waals surface area contributed by atoms with Gasteiger partial charge in [-0.05, 0) is 50.5 Å². The van der Waals surface area contributed by atoms with Crippen LogP contribution in [0.1, 0.15) is 62.1 Å². The number of carbonyl (C=O) groups is 1. The lowest BCUT2D eigenvalue weighted by molar-refractivity contribution is 0.0660. The van der Waals surface area contributed by atoms with Gasteiger partial charge in [-0.15, -0.1) is 0 Å². The zero-order valence-corrected chi connectivity index (χ0v) is 17.6. The number of hydrogen-bond acceptors (Lipinski definition) is 4. The van der Waals surface area contributed by atoms with Crippen LogP contribution in [0.25, 0.3) is 16.9 Å². The van der Waals surface area contributed by atoms with Crippen molar-refractivity contribution in [2.45, 2.75) is 58.4 Å². The molecular formula is C23H28FN5O. The molecule has 1 aliphatic heterocycles. The van der Waals surface area contributed by atoms with Crippen LogP contribution < -0.4 is 5.73 Å². The van der Waals surface area contributed by atoms with E-state index in [1.807, 2.05) is 17.9 Å². The summed E-state index contributed by atoms with van der Waals surface area (Å²) in [6.07, 6.45) is 6.25. The molecule has 1 unspecified atom stereocenters. The van der Waals surface area contributed by atoms with Gasteiger partial charge in [0.1, 0.15) is 11.5 Å². The summed E-state index contributed by atoms with van der Waals surface area (Å²) in [6.45, 7) is 4.88. The lowest BCUT2D eigenvalue weighted by atomic mass is 10.0. The first-order chi connectivity index (χ1) is 14.5. The molecule has 3 aromatic rings. The Hall–Kier alpha value is -2.96. The number of nitrogens with two attached hydrogens (primary N) is 1. The van der Waals surface area contributed by atoms with E-state index < -0.39 is 5.82 Å². The van der Waals surface area contributed by atoms with Crippen molar-refractivity contribution in [1.29, 1.82) is 0 Å². The van der Waals surface area contributed by atoms with Gasteiger partial charge >= 0.3 is 0 Å². The number of aryl methyl sites for hydroxylation is 1. The van der Waals surface area contributed by atoms with Gasteiger partial charge in [-0.25, -0.2) is 13.9 Å². The van der Waals surface area contributed by atoms with E-state index >= 15 is 0 Å². The van der Waals surface area contributed by atoms with Gasteiger partial charge in [0.15, 0.2) is 5.65 Å². The van der Waals surface area contributed by atoms with Gasteiger partial charge in [0.25, 0.3) is 5.91 Å². The van der Waals surface area contributed by atoms with Crippen molar-refractivity contribution in [2.24, 2.45) is 0 Å². The first-order valence-corrected chi connectivity index (χ1v) is 10.7. The molecule has 158 valence electrons. The number of fused-ring (bicyclic) bond motifs is 1. The summed E-state index contributed by atoms with van der Waals surface area (Å²) >= 11 is 0. The Kier molecular flexibility index (Phi) is 5.70. The number of rotatable bonds is 3. The highest BCUT2D eigenvalue weighted by molar-refractivity contribution is 5.93. The van der Waals surface area contributed by atoms with E-state index in [1.54, 1.807) is 22.7 Å². The van der Waals surface area contributed by atoms with Crippen LogP contribution in [0.4, 0.5) is 10.1 Å². The average Bonchev–Trinajstić information content (AvgIpc) is 3.13. The van der Waals surface area contributed by atoms with Gasteiger partial charge in [0, 0.05) is 35.6 Å². The second-order valence-corrected chi connectivity index (χ2v) is 8.08. The summed E-state index contributed by atoms with van der Waals surface area (Å²) in [5.74, 6) is -0.467. The Labute approximate surface area is 175 Å². The third-order valence-electron chi connectivity index (χ3n) is 5.92. The quantitative estimate of drug-likeness (QED) is 0.647. The minimum atomic E-state index is -0.429. The van der Waals surface area contributed by atoms with Gasteiger partial charge in [-0.1, -0.05) is 26.2 Å². The summed E-state index contributed by atoms with van der Waals surface area (Å²) in [7, 11) is 0. The largest absolute Gasteiger partial charge is 0.399 e. The fraction of sp³-hybridized carbons (Fsp3) is 0.435. The van der Waals surface area contributed by atoms with Crippen LogP contribution in [0, 0.1) is 5.82 Å². The predicted octanol–water partition coefficient (Wildman–Crippen LogP) is 4.47. The summed E-state index contributed by atoms with van der Waals surface area (Å²) in [5.41, 5.74) is 8.70. The molecule has 1 fully saturated rings. The Bertz CT molecular complexity index is 1080. The van der Waals surface area contributed by atoms with Gasteiger partial charge in [0.05, 0.1) is 5.69 Å². The Morgan fingerprint density at radius 1 is 1.20 bits per heavy atom. The number of anilines is 1. The molecule has 2 aromatic heterocycles. The molecule has 0 radical (unpaired) electrons. The van der Waals surface area contributed by atoms with Gasteiger partial charge in [-0.2, -0.15) is 5.10 Å². The number of nitrogen functional groups attached to an aromatic ring is 1. The maximum Gasteiger partial charge on any atom is 0.272 e. The van der Waals surface area contributed by atoms with E-state index in [-0.39, 0.29) is 11.9 Å². The third-order valence-corrected chi connectivity index (χ3v) is 5.92. The topological polar surface area (TPSA) is 76.5 Å². The molecule has 0 spiro atoms. The number of benzene rings is 1. The van der Waals surface area contributed by atoms with E-state index in [0.717, 1.165) is 37.9 Å². The predicted molar refractivity (Wildman–Crippen MR) is 116 cm³/mol. The van der Waals surface area contributed by atoms with Crippen molar-refractivity contribution in [3.8, 4) is 11.3 Å². The van der Waals surface area contributed by atoms with Crippen LogP contribution in [0.15, 0.2) is 30.3 Å².